The normalized spacial score (nSPS) is 12.5. The Morgan fingerprint density at radius 3 is 2.48 bits per heavy atom. The SMILES string of the molecule is CCn1c(SC(C)C(=O)NC(=O)NC(C)(C)C)nnc1-c1ccccc1C. The summed E-state index contributed by atoms with van der Waals surface area (Å²) in [7, 11) is 0. The Labute approximate surface area is 164 Å². The molecule has 2 rings (SSSR count). The summed E-state index contributed by atoms with van der Waals surface area (Å²) in [5.74, 6) is 0.404. The number of aromatic nitrogens is 3. The van der Waals surface area contributed by atoms with Gasteiger partial charge < -0.3 is 9.88 Å². The summed E-state index contributed by atoms with van der Waals surface area (Å²) in [6.07, 6.45) is 0. The fraction of sp³-hybridized carbons (Fsp3) is 0.474. The van der Waals surface area contributed by atoms with Crippen LogP contribution in [0.2, 0.25) is 0 Å². The minimum atomic E-state index is -0.502. The topological polar surface area (TPSA) is 88.9 Å². The number of carbonyl (C=O) groups is 2. The first-order valence-corrected chi connectivity index (χ1v) is 9.79. The highest BCUT2D eigenvalue weighted by Crippen LogP contribution is 2.28. The smallest absolute Gasteiger partial charge is 0.321 e. The van der Waals surface area contributed by atoms with Crippen LogP contribution >= 0.6 is 11.8 Å². The average Bonchev–Trinajstić information content (AvgIpc) is 2.95. The number of rotatable bonds is 5. The molecule has 2 aromatic rings. The van der Waals surface area contributed by atoms with Crippen molar-refractivity contribution in [3.05, 3.63) is 29.8 Å². The highest BCUT2D eigenvalue weighted by Gasteiger charge is 2.23. The lowest BCUT2D eigenvalue weighted by Gasteiger charge is -2.21. The Bertz CT molecular complexity index is 826. The number of carbonyl (C=O) groups excluding carboxylic acids is 2. The Morgan fingerprint density at radius 2 is 1.89 bits per heavy atom. The standard InChI is InChI=1S/C19H27N5O2S/c1-7-24-15(14-11-9-8-10-12(14)2)22-23-18(24)27-13(3)16(25)20-17(26)21-19(4,5)6/h8-11,13H,7H2,1-6H3,(H2,20,21,25,26). The molecule has 0 bridgehead atoms. The lowest BCUT2D eigenvalue weighted by molar-refractivity contribution is -0.119. The zero-order valence-electron chi connectivity index (χ0n) is 16.7. The maximum atomic E-state index is 12.3. The summed E-state index contributed by atoms with van der Waals surface area (Å²) in [6, 6.07) is 7.48. The van der Waals surface area contributed by atoms with Crippen LogP contribution < -0.4 is 10.6 Å². The highest BCUT2D eigenvalue weighted by molar-refractivity contribution is 8.00. The number of benzene rings is 1. The molecule has 1 heterocycles. The van der Waals surface area contributed by atoms with Gasteiger partial charge in [0.05, 0.1) is 5.25 Å². The molecule has 1 atom stereocenters. The van der Waals surface area contributed by atoms with E-state index in [9.17, 15) is 9.59 Å². The third kappa shape index (κ3) is 5.56. The molecule has 0 aliphatic heterocycles. The zero-order valence-corrected chi connectivity index (χ0v) is 17.5. The van der Waals surface area contributed by atoms with Crippen molar-refractivity contribution in [3.63, 3.8) is 0 Å². The first kappa shape index (κ1) is 21.0. The molecule has 0 saturated carbocycles. The van der Waals surface area contributed by atoms with Crippen molar-refractivity contribution >= 4 is 23.7 Å². The van der Waals surface area contributed by atoms with Crippen molar-refractivity contribution in [2.75, 3.05) is 0 Å². The summed E-state index contributed by atoms with van der Waals surface area (Å²) in [5.41, 5.74) is 1.71. The quantitative estimate of drug-likeness (QED) is 0.765. The number of amides is 3. The molecule has 1 aromatic heterocycles. The van der Waals surface area contributed by atoms with Gasteiger partial charge in [-0.25, -0.2) is 4.79 Å². The van der Waals surface area contributed by atoms with Crippen molar-refractivity contribution in [3.8, 4) is 11.4 Å². The molecule has 3 amide bonds. The average molecular weight is 390 g/mol. The van der Waals surface area contributed by atoms with E-state index in [-0.39, 0.29) is 5.91 Å². The van der Waals surface area contributed by atoms with E-state index in [1.54, 1.807) is 6.92 Å². The molecule has 0 saturated heterocycles. The van der Waals surface area contributed by atoms with E-state index in [4.69, 9.17) is 0 Å². The molecule has 0 aliphatic rings. The molecule has 0 radical (unpaired) electrons. The molecule has 2 N–H and O–H groups in total. The number of hydrogen-bond donors (Lipinski definition) is 2. The zero-order chi connectivity index (χ0) is 20.2. The molecule has 1 unspecified atom stereocenters. The number of imide groups is 1. The number of hydrogen-bond acceptors (Lipinski definition) is 5. The fourth-order valence-electron chi connectivity index (χ4n) is 2.48. The van der Waals surface area contributed by atoms with Crippen LogP contribution in [-0.2, 0) is 11.3 Å². The first-order valence-electron chi connectivity index (χ1n) is 8.91. The van der Waals surface area contributed by atoms with Crippen LogP contribution in [0.25, 0.3) is 11.4 Å². The van der Waals surface area contributed by atoms with Gasteiger partial charge in [0.1, 0.15) is 0 Å². The molecule has 27 heavy (non-hydrogen) atoms. The largest absolute Gasteiger partial charge is 0.333 e. The van der Waals surface area contributed by atoms with E-state index >= 15 is 0 Å². The second kappa shape index (κ2) is 8.56. The van der Waals surface area contributed by atoms with E-state index in [1.807, 2.05) is 63.5 Å². The number of nitrogens with zero attached hydrogens (tertiary/aromatic N) is 3. The first-order chi connectivity index (χ1) is 12.6. The Balaban J connectivity index is 2.12. The van der Waals surface area contributed by atoms with Crippen LogP contribution in [0, 0.1) is 6.92 Å². The van der Waals surface area contributed by atoms with Crippen molar-refractivity contribution in [2.45, 2.75) is 64.0 Å². The molecular weight excluding hydrogens is 362 g/mol. The van der Waals surface area contributed by atoms with E-state index in [0.717, 1.165) is 17.0 Å². The number of thioether (sulfide) groups is 1. The van der Waals surface area contributed by atoms with Crippen LogP contribution in [0.3, 0.4) is 0 Å². The fourth-order valence-corrected chi connectivity index (χ4v) is 3.39. The van der Waals surface area contributed by atoms with Crippen molar-refractivity contribution in [1.82, 2.24) is 25.4 Å². The number of urea groups is 1. The van der Waals surface area contributed by atoms with E-state index < -0.39 is 16.8 Å². The van der Waals surface area contributed by atoms with E-state index in [1.165, 1.54) is 11.8 Å². The summed E-state index contributed by atoms with van der Waals surface area (Å²) < 4.78 is 1.98. The second-order valence-electron chi connectivity index (χ2n) is 7.32. The third-order valence-corrected chi connectivity index (χ3v) is 4.88. The van der Waals surface area contributed by atoms with Gasteiger partial charge in [-0.1, -0.05) is 36.0 Å². The van der Waals surface area contributed by atoms with Crippen LogP contribution in [0.1, 0.15) is 40.2 Å². The van der Waals surface area contributed by atoms with Gasteiger partial charge in [0.25, 0.3) is 0 Å². The predicted octanol–water partition coefficient (Wildman–Crippen LogP) is 3.38. The second-order valence-corrected chi connectivity index (χ2v) is 8.63. The van der Waals surface area contributed by atoms with Gasteiger partial charge in [-0.05, 0) is 47.1 Å². The van der Waals surface area contributed by atoms with Gasteiger partial charge in [-0.15, -0.1) is 10.2 Å². The third-order valence-electron chi connectivity index (χ3n) is 3.80. The monoisotopic (exact) mass is 389 g/mol. The van der Waals surface area contributed by atoms with Crippen LogP contribution in [0.4, 0.5) is 4.79 Å². The maximum Gasteiger partial charge on any atom is 0.321 e. The van der Waals surface area contributed by atoms with Gasteiger partial charge in [0, 0.05) is 17.6 Å². The van der Waals surface area contributed by atoms with E-state index in [0.29, 0.717) is 11.7 Å². The van der Waals surface area contributed by atoms with Gasteiger partial charge in [0.2, 0.25) is 5.91 Å². The molecule has 1 aromatic carbocycles. The summed E-state index contributed by atoms with van der Waals surface area (Å²) in [6.45, 7) is 12.0. The molecule has 0 aliphatic carbocycles. The van der Waals surface area contributed by atoms with Crippen molar-refractivity contribution in [2.24, 2.45) is 0 Å². The Morgan fingerprint density at radius 1 is 1.22 bits per heavy atom. The number of aryl methyl sites for hydroxylation is 1. The minimum absolute atomic E-state index is 0.371. The van der Waals surface area contributed by atoms with Crippen LogP contribution in [0.5, 0.6) is 0 Å². The van der Waals surface area contributed by atoms with E-state index in [2.05, 4.69) is 20.8 Å². The Hall–Kier alpha value is -2.35. The summed E-state index contributed by atoms with van der Waals surface area (Å²) in [5, 5.41) is 13.8. The Kier molecular flexibility index (Phi) is 6.64. The molecular formula is C19H27N5O2S. The maximum absolute atomic E-state index is 12.3. The molecule has 7 nitrogen and oxygen atoms in total. The highest BCUT2D eigenvalue weighted by atomic mass is 32.2. The predicted molar refractivity (Wildman–Crippen MR) is 108 cm³/mol. The van der Waals surface area contributed by atoms with Gasteiger partial charge >= 0.3 is 6.03 Å². The molecule has 0 fully saturated rings. The summed E-state index contributed by atoms with van der Waals surface area (Å²) in [4.78, 5) is 24.2. The lowest BCUT2D eigenvalue weighted by Crippen LogP contribution is -2.49. The summed E-state index contributed by atoms with van der Waals surface area (Å²) >= 11 is 1.28. The lowest BCUT2D eigenvalue weighted by atomic mass is 10.1. The van der Waals surface area contributed by atoms with Crippen molar-refractivity contribution < 1.29 is 9.59 Å². The minimum Gasteiger partial charge on any atom is -0.333 e. The number of nitrogens with one attached hydrogen (secondary N) is 2. The van der Waals surface area contributed by atoms with Crippen LogP contribution in [0.15, 0.2) is 29.4 Å². The molecule has 146 valence electrons. The van der Waals surface area contributed by atoms with Gasteiger partial charge in [-0.2, -0.15) is 0 Å². The van der Waals surface area contributed by atoms with Gasteiger partial charge in [-0.3, -0.25) is 10.1 Å². The van der Waals surface area contributed by atoms with Crippen molar-refractivity contribution in [1.29, 1.82) is 0 Å². The van der Waals surface area contributed by atoms with Gasteiger partial charge in [0.15, 0.2) is 11.0 Å². The molecule has 8 heteroatoms. The van der Waals surface area contributed by atoms with Crippen LogP contribution in [-0.4, -0.2) is 37.5 Å². The molecule has 0 spiro atoms.